The molecule has 3 rings (SSSR count). The highest BCUT2D eigenvalue weighted by atomic mass is 32.2. The fourth-order valence-corrected chi connectivity index (χ4v) is 4.26. The Bertz CT molecular complexity index is 561. The number of benzene rings is 1. The average molecular weight is 290 g/mol. The van der Waals surface area contributed by atoms with E-state index < -0.39 is 0 Å². The quantitative estimate of drug-likeness (QED) is 0.909. The van der Waals surface area contributed by atoms with E-state index in [0.717, 1.165) is 23.6 Å². The van der Waals surface area contributed by atoms with E-state index in [1.807, 2.05) is 17.8 Å². The van der Waals surface area contributed by atoms with Crippen LogP contribution in [0.2, 0.25) is 0 Å². The number of aliphatic hydroxyl groups is 1. The van der Waals surface area contributed by atoms with Crippen LogP contribution in [-0.2, 0) is 6.54 Å². The van der Waals surface area contributed by atoms with Crippen LogP contribution in [0.15, 0.2) is 29.4 Å². The zero-order valence-electron chi connectivity index (χ0n) is 11.8. The lowest BCUT2D eigenvalue weighted by Gasteiger charge is -2.20. The minimum Gasteiger partial charge on any atom is -0.396 e. The summed E-state index contributed by atoms with van der Waals surface area (Å²) in [5.41, 5.74) is 2.27. The highest BCUT2D eigenvalue weighted by Gasteiger charge is 2.19. The molecule has 0 radical (unpaired) electrons. The van der Waals surface area contributed by atoms with Gasteiger partial charge >= 0.3 is 0 Å². The molecule has 3 nitrogen and oxygen atoms in total. The third-order valence-electron chi connectivity index (χ3n) is 3.98. The van der Waals surface area contributed by atoms with Crippen molar-refractivity contribution >= 4 is 22.8 Å². The summed E-state index contributed by atoms with van der Waals surface area (Å²) in [5, 5.41) is 11.0. The van der Waals surface area contributed by atoms with Crippen LogP contribution < -0.4 is 0 Å². The molecule has 1 saturated carbocycles. The Morgan fingerprint density at radius 1 is 1.20 bits per heavy atom. The van der Waals surface area contributed by atoms with Crippen molar-refractivity contribution in [2.45, 2.75) is 55.5 Å². The largest absolute Gasteiger partial charge is 0.396 e. The summed E-state index contributed by atoms with van der Waals surface area (Å²) in [5.74, 6) is 0. The molecule has 1 aromatic heterocycles. The van der Waals surface area contributed by atoms with E-state index in [9.17, 15) is 0 Å². The zero-order chi connectivity index (χ0) is 13.8. The summed E-state index contributed by atoms with van der Waals surface area (Å²) in [4.78, 5) is 4.80. The molecule has 0 amide bonds. The van der Waals surface area contributed by atoms with E-state index in [0.29, 0.717) is 5.25 Å². The molecular formula is C16H22N2OS. The minimum atomic E-state index is 0.236. The molecule has 0 saturated heterocycles. The van der Waals surface area contributed by atoms with Crippen LogP contribution in [0, 0.1) is 0 Å². The molecule has 0 bridgehead atoms. The first-order chi connectivity index (χ1) is 9.88. The molecule has 108 valence electrons. The molecule has 1 N–H and O–H groups in total. The number of fused-ring (bicyclic) bond motifs is 1. The van der Waals surface area contributed by atoms with Crippen molar-refractivity contribution in [3.8, 4) is 0 Å². The van der Waals surface area contributed by atoms with Gasteiger partial charge in [0.15, 0.2) is 5.16 Å². The lowest BCUT2D eigenvalue weighted by atomic mass is 10.0. The van der Waals surface area contributed by atoms with Crippen molar-refractivity contribution < 1.29 is 5.11 Å². The number of rotatable bonds is 5. The van der Waals surface area contributed by atoms with Gasteiger partial charge in [0.2, 0.25) is 0 Å². The molecule has 4 heteroatoms. The Kier molecular flexibility index (Phi) is 4.63. The first kappa shape index (κ1) is 14.0. The third kappa shape index (κ3) is 3.01. The minimum absolute atomic E-state index is 0.236. The van der Waals surface area contributed by atoms with E-state index in [4.69, 9.17) is 10.1 Å². The number of aryl methyl sites for hydroxylation is 1. The Morgan fingerprint density at radius 2 is 2.00 bits per heavy atom. The SMILES string of the molecule is OCCCn1c(SC2CCCCC2)nc2ccccc21. The van der Waals surface area contributed by atoms with Crippen molar-refractivity contribution in [2.75, 3.05) is 6.61 Å². The van der Waals surface area contributed by atoms with Gasteiger partial charge in [-0.2, -0.15) is 0 Å². The number of hydrogen-bond acceptors (Lipinski definition) is 3. The van der Waals surface area contributed by atoms with Crippen LogP contribution in [0.4, 0.5) is 0 Å². The molecule has 1 heterocycles. The molecule has 1 aromatic carbocycles. The number of aliphatic hydroxyl groups excluding tert-OH is 1. The molecule has 0 unspecified atom stereocenters. The van der Waals surface area contributed by atoms with Crippen LogP contribution in [-0.4, -0.2) is 26.5 Å². The average Bonchev–Trinajstić information content (AvgIpc) is 2.83. The van der Waals surface area contributed by atoms with E-state index in [1.54, 1.807) is 0 Å². The summed E-state index contributed by atoms with van der Waals surface area (Å²) in [6.45, 7) is 1.09. The van der Waals surface area contributed by atoms with Crippen molar-refractivity contribution in [1.82, 2.24) is 9.55 Å². The van der Waals surface area contributed by atoms with Crippen molar-refractivity contribution in [3.05, 3.63) is 24.3 Å². The maximum atomic E-state index is 9.11. The summed E-state index contributed by atoms with van der Waals surface area (Å²) in [6, 6.07) is 8.32. The molecule has 1 aliphatic rings. The standard InChI is InChI=1S/C16H22N2OS/c19-12-6-11-18-15-10-5-4-9-14(15)17-16(18)20-13-7-2-1-3-8-13/h4-5,9-10,13,19H,1-3,6-8,11-12H2. The first-order valence-electron chi connectivity index (χ1n) is 7.61. The summed E-state index contributed by atoms with van der Waals surface area (Å²) < 4.78 is 2.28. The van der Waals surface area contributed by atoms with Crippen LogP contribution in [0.1, 0.15) is 38.5 Å². The Labute approximate surface area is 124 Å². The van der Waals surface area contributed by atoms with Gasteiger partial charge in [0, 0.05) is 18.4 Å². The molecule has 20 heavy (non-hydrogen) atoms. The monoisotopic (exact) mass is 290 g/mol. The second-order valence-electron chi connectivity index (χ2n) is 5.49. The third-order valence-corrected chi connectivity index (χ3v) is 5.31. The highest BCUT2D eigenvalue weighted by Crippen LogP contribution is 2.34. The van der Waals surface area contributed by atoms with Crippen molar-refractivity contribution in [2.24, 2.45) is 0 Å². The number of thioether (sulfide) groups is 1. The van der Waals surface area contributed by atoms with E-state index in [2.05, 4.69) is 22.8 Å². The molecule has 1 fully saturated rings. The molecule has 0 aliphatic heterocycles. The molecule has 2 aromatic rings. The van der Waals surface area contributed by atoms with Gasteiger partial charge in [-0.1, -0.05) is 43.2 Å². The predicted octanol–water partition coefficient (Wildman–Crippen LogP) is 3.84. The first-order valence-corrected chi connectivity index (χ1v) is 8.49. The maximum Gasteiger partial charge on any atom is 0.169 e. The Morgan fingerprint density at radius 3 is 2.80 bits per heavy atom. The number of nitrogens with zero attached hydrogens (tertiary/aromatic N) is 2. The van der Waals surface area contributed by atoms with Gasteiger partial charge in [-0.25, -0.2) is 4.98 Å². The number of para-hydroxylation sites is 2. The fraction of sp³-hybridized carbons (Fsp3) is 0.562. The van der Waals surface area contributed by atoms with E-state index >= 15 is 0 Å². The van der Waals surface area contributed by atoms with Gasteiger partial charge in [-0.05, 0) is 31.4 Å². The number of hydrogen-bond donors (Lipinski definition) is 1. The normalized spacial score (nSPS) is 16.9. The second kappa shape index (κ2) is 6.64. The topological polar surface area (TPSA) is 38.0 Å². The van der Waals surface area contributed by atoms with Crippen LogP contribution >= 0.6 is 11.8 Å². The highest BCUT2D eigenvalue weighted by molar-refractivity contribution is 7.99. The predicted molar refractivity (Wildman–Crippen MR) is 84.2 cm³/mol. The van der Waals surface area contributed by atoms with Gasteiger partial charge in [0.05, 0.1) is 11.0 Å². The van der Waals surface area contributed by atoms with E-state index in [-0.39, 0.29) is 6.61 Å². The lowest BCUT2D eigenvalue weighted by molar-refractivity contribution is 0.278. The fourth-order valence-electron chi connectivity index (χ4n) is 2.92. The van der Waals surface area contributed by atoms with Crippen LogP contribution in [0.5, 0.6) is 0 Å². The van der Waals surface area contributed by atoms with Gasteiger partial charge < -0.3 is 9.67 Å². The summed E-state index contributed by atoms with van der Waals surface area (Å²) in [6.07, 6.45) is 7.52. The molecular weight excluding hydrogens is 268 g/mol. The Hall–Kier alpha value is -1.00. The maximum absolute atomic E-state index is 9.11. The van der Waals surface area contributed by atoms with Gasteiger partial charge in [-0.3, -0.25) is 0 Å². The number of imidazole rings is 1. The molecule has 0 atom stereocenters. The number of aromatic nitrogens is 2. The zero-order valence-corrected chi connectivity index (χ0v) is 12.6. The molecule has 1 aliphatic carbocycles. The molecule has 0 spiro atoms. The summed E-state index contributed by atoms with van der Waals surface area (Å²) >= 11 is 1.94. The summed E-state index contributed by atoms with van der Waals surface area (Å²) in [7, 11) is 0. The van der Waals surface area contributed by atoms with Gasteiger partial charge in [-0.15, -0.1) is 0 Å². The lowest BCUT2D eigenvalue weighted by Crippen LogP contribution is -2.10. The van der Waals surface area contributed by atoms with E-state index in [1.165, 1.54) is 37.6 Å². The Balaban J connectivity index is 1.87. The van der Waals surface area contributed by atoms with Crippen LogP contribution in [0.3, 0.4) is 0 Å². The van der Waals surface area contributed by atoms with Crippen molar-refractivity contribution in [1.29, 1.82) is 0 Å². The van der Waals surface area contributed by atoms with Crippen LogP contribution in [0.25, 0.3) is 11.0 Å². The second-order valence-corrected chi connectivity index (χ2v) is 6.76. The van der Waals surface area contributed by atoms with Gasteiger partial charge in [0.25, 0.3) is 0 Å². The van der Waals surface area contributed by atoms with Gasteiger partial charge in [0.1, 0.15) is 0 Å². The smallest absolute Gasteiger partial charge is 0.169 e. The van der Waals surface area contributed by atoms with Crippen molar-refractivity contribution in [3.63, 3.8) is 0 Å².